The number of rotatable bonds is 4. The fourth-order valence-corrected chi connectivity index (χ4v) is 2.60. The van der Waals surface area contributed by atoms with Gasteiger partial charge >= 0.3 is 0 Å². The summed E-state index contributed by atoms with van der Waals surface area (Å²) in [5.74, 6) is 0.416. The van der Waals surface area contributed by atoms with Crippen LogP contribution in [-0.2, 0) is 5.60 Å². The van der Waals surface area contributed by atoms with Gasteiger partial charge in [-0.1, -0.05) is 54.6 Å². The fraction of sp³-hybridized carbons (Fsp3) is 0.250. The van der Waals surface area contributed by atoms with Crippen molar-refractivity contribution in [2.45, 2.75) is 18.9 Å². The van der Waals surface area contributed by atoms with Crippen molar-refractivity contribution in [3.05, 3.63) is 71.3 Å². The van der Waals surface area contributed by atoms with Crippen LogP contribution in [0.25, 0.3) is 0 Å². The molecule has 1 nitrogen and oxygen atoms in total. The first kappa shape index (κ1) is 13.1. The van der Waals surface area contributed by atoms with Crippen LogP contribution in [0.1, 0.15) is 23.1 Å². The SMILES string of the molecule is Cc1ccccc1C(O)(CCCl)c1ccccc1. The van der Waals surface area contributed by atoms with E-state index in [2.05, 4.69) is 0 Å². The van der Waals surface area contributed by atoms with Gasteiger partial charge < -0.3 is 5.11 Å². The van der Waals surface area contributed by atoms with Crippen LogP contribution in [0.2, 0.25) is 0 Å². The highest BCUT2D eigenvalue weighted by Gasteiger charge is 2.31. The number of aliphatic hydroxyl groups is 1. The van der Waals surface area contributed by atoms with Gasteiger partial charge in [0.25, 0.3) is 0 Å². The Labute approximate surface area is 113 Å². The molecule has 0 radical (unpaired) electrons. The zero-order valence-electron chi connectivity index (χ0n) is 10.4. The Bertz CT molecular complexity index is 510. The molecular weight excluding hydrogens is 244 g/mol. The minimum Gasteiger partial charge on any atom is -0.380 e. The van der Waals surface area contributed by atoms with Crippen LogP contribution in [0, 0.1) is 6.92 Å². The molecule has 0 saturated carbocycles. The highest BCUT2D eigenvalue weighted by molar-refractivity contribution is 6.17. The molecule has 0 aliphatic rings. The lowest BCUT2D eigenvalue weighted by Gasteiger charge is -2.30. The maximum Gasteiger partial charge on any atom is 0.116 e. The molecule has 0 aromatic heterocycles. The summed E-state index contributed by atoms with van der Waals surface area (Å²) in [5.41, 5.74) is 1.89. The van der Waals surface area contributed by atoms with E-state index in [0.717, 1.165) is 16.7 Å². The normalized spacial score (nSPS) is 14.2. The summed E-state index contributed by atoms with van der Waals surface area (Å²) < 4.78 is 0. The molecular formula is C16H17ClO. The van der Waals surface area contributed by atoms with Crippen molar-refractivity contribution in [2.75, 3.05) is 5.88 Å². The second kappa shape index (κ2) is 5.55. The third kappa shape index (κ3) is 2.43. The Morgan fingerprint density at radius 1 is 1.00 bits per heavy atom. The molecule has 1 N–H and O–H groups in total. The van der Waals surface area contributed by atoms with Gasteiger partial charge in [0.1, 0.15) is 5.60 Å². The van der Waals surface area contributed by atoms with Crippen LogP contribution >= 0.6 is 11.6 Å². The van der Waals surface area contributed by atoms with Gasteiger partial charge in [0.05, 0.1) is 0 Å². The molecule has 2 heteroatoms. The Balaban J connectivity index is 2.55. The maximum atomic E-state index is 11.1. The third-order valence-corrected chi connectivity index (χ3v) is 3.49. The number of hydrogen-bond acceptors (Lipinski definition) is 1. The van der Waals surface area contributed by atoms with Crippen molar-refractivity contribution in [3.8, 4) is 0 Å². The number of halogens is 1. The van der Waals surface area contributed by atoms with Crippen molar-refractivity contribution in [1.82, 2.24) is 0 Å². The highest BCUT2D eigenvalue weighted by Crippen LogP contribution is 2.34. The molecule has 0 aliphatic heterocycles. The number of aryl methyl sites for hydroxylation is 1. The zero-order chi connectivity index (χ0) is 13.0. The molecule has 94 valence electrons. The minimum atomic E-state index is -1.01. The zero-order valence-corrected chi connectivity index (χ0v) is 11.2. The predicted octanol–water partition coefficient (Wildman–Crippen LogP) is 3.86. The third-order valence-electron chi connectivity index (χ3n) is 3.30. The van der Waals surface area contributed by atoms with Gasteiger partial charge in [0.15, 0.2) is 0 Å². The standard InChI is InChI=1S/C16H17ClO/c1-13-7-5-6-10-15(13)16(18,11-12-17)14-8-3-2-4-9-14/h2-10,18H,11-12H2,1H3. The summed E-state index contributed by atoms with van der Waals surface area (Å²) >= 11 is 5.88. The second-order valence-corrected chi connectivity index (χ2v) is 4.86. The van der Waals surface area contributed by atoms with Crippen LogP contribution in [0.5, 0.6) is 0 Å². The molecule has 2 rings (SSSR count). The van der Waals surface area contributed by atoms with E-state index in [4.69, 9.17) is 11.6 Å². The van der Waals surface area contributed by atoms with Crippen LogP contribution in [0.3, 0.4) is 0 Å². The molecule has 0 spiro atoms. The van der Waals surface area contributed by atoms with Crippen LogP contribution in [0.15, 0.2) is 54.6 Å². The Morgan fingerprint density at radius 3 is 2.22 bits per heavy atom. The first-order chi connectivity index (χ1) is 8.68. The van der Waals surface area contributed by atoms with Crippen LogP contribution in [0.4, 0.5) is 0 Å². The summed E-state index contributed by atoms with van der Waals surface area (Å²) in [5, 5.41) is 11.1. The first-order valence-corrected chi connectivity index (χ1v) is 6.62. The smallest absolute Gasteiger partial charge is 0.116 e. The lowest BCUT2D eigenvalue weighted by molar-refractivity contribution is 0.0768. The molecule has 0 aliphatic carbocycles. The van der Waals surface area contributed by atoms with E-state index in [9.17, 15) is 5.11 Å². The average molecular weight is 261 g/mol. The molecule has 0 bridgehead atoms. The van der Waals surface area contributed by atoms with Gasteiger partial charge in [-0.3, -0.25) is 0 Å². The summed E-state index contributed by atoms with van der Waals surface area (Å²) in [4.78, 5) is 0. The van der Waals surface area contributed by atoms with Crippen molar-refractivity contribution in [1.29, 1.82) is 0 Å². The van der Waals surface area contributed by atoms with E-state index < -0.39 is 5.60 Å². The van der Waals surface area contributed by atoms with Crippen molar-refractivity contribution in [2.24, 2.45) is 0 Å². The molecule has 0 heterocycles. The Hall–Kier alpha value is -1.31. The molecule has 1 atom stereocenters. The number of benzene rings is 2. The van der Waals surface area contributed by atoms with E-state index in [0.29, 0.717) is 12.3 Å². The van der Waals surface area contributed by atoms with Gasteiger partial charge in [-0.2, -0.15) is 0 Å². The Kier molecular flexibility index (Phi) is 4.05. The lowest BCUT2D eigenvalue weighted by atomic mass is 9.82. The number of hydrogen-bond donors (Lipinski definition) is 1. The summed E-state index contributed by atoms with van der Waals surface area (Å²) in [6, 6.07) is 17.6. The quantitative estimate of drug-likeness (QED) is 0.828. The topological polar surface area (TPSA) is 20.2 Å². The van der Waals surface area contributed by atoms with Gasteiger partial charge in [0.2, 0.25) is 0 Å². The van der Waals surface area contributed by atoms with E-state index in [-0.39, 0.29) is 0 Å². The van der Waals surface area contributed by atoms with Gasteiger partial charge in [-0.05, 0) is 30.0 Å². The van der Waals surface area contributed by atoms with Gasteiger partial charge in [-0.15, -0.1) is 11.6 Å². The monoisotopic (exact) mass is 260 g/mol. The lowest BCUT2D eigenvalue weighted by Crippen LogP contribution is -2.28. The van der Waals surface area contributed by atoms with Crippen molar-refractivity contribution in [3.63, 3.8) is 0 Å². The van der Waals surface area contributed by atoms with E-state index >= 15 is 0 Å². The highest BCUT2D eigenvalue weighted by atomic mass is 35.5. The molecule has 2 aromatic rings. The first-order valence-electron chi connectivity index (χ1n) is 6.08. The maximum absolute atomic E-state index is 11.1. The van der Waals surface area contributed by atoms with E-state index in [1.165, 1.54) is 0 Å². The summed E-state index contributed by atoms with van der Waals surface area (Å²) in [6.07, 6.45) is 0.503. The molecule has 0 saturated heterocycles. The second-order valence-electron chi connectivity index (χ2n) is 4.48. The molecule has 1 unspecified atom stereocenters. The van der Waals surface area contributed by atoms with E-state index in [1.807, 2.05) is 61.5 Å². The van der Waals surface area contributed by atoms with Crippen LogP contribution < -0.4 is 0 Å². The fourth-order valence-electron chi connectivity index (χ4n) is 2.32. The summed E-state index contributed by atoms with van der Waals surface area (Å²) in [6.45, 7) is 2.01. The van der Waals surface area contributed by atoms with Crippen molar-refractivity contribution >= 4 is 11.6 Å². The summed E-state index contributed by atoms with van der Waals surface area (Å²) in [7, 11) is 0. The predicted molar refractivity (Wildman–Crippen MR) is 76.0 cm³/mol. The van der Waals surface area contributed by atoms with Crippen LogP contribution in [-0.4, -0.2) is 11.0 Å². The molecule has 0 amide bonds. The van der Waals surface area contributed by atoms with E-state index in [1.54, 1.807) is 0 Å². The molecule has 2 aromatic carbocycles. The van der Waals surface area contributed by atoms with Gasteiger partial charge in [-0.25, -0.2) is 0 Å². The molecule has 18 heavy (non-hydrogen) atoms. The van der Waals surface area contributed by atoms with Crippen molar-refractivity contribution < 1.29 is 5.11 Å². The minimum absolute atomic E-state index is 0.416. The van der Waals surface area contributed by atoms with Gasteiger partial charge in [0, 0.05) is 5.88 Å². The number of alkyl halides is 1. The Morgan fingerprint density at radius 2 is 1.61 bits per heavy atom. The molecule has 0 fully saturated rings. The largest absolute Gasteiger partial charge is 0.380 e. The average Bonchev–Trinajstić information content (AvgIpc) is 2.40.